The molecule has 1 aliphatic carbocycles. The third-order valence-corrected chi connectivity index (χ3v) is 11.0. The summed E-state index contributed by atoms with van der Waals surface area (Å²) in [5.41, 5.74) is 11.4. The minimum Gasteiger partial charge on any atom is -0.464 e. The van der Waals surface area contributed by atoms with Crippen LogP contribution in [0.3, 0.4) is 0 Å². The van der Waals surface area contributed by atoms with Gasteiger partial charge in [-0.15, -0.1) is 0 Å². The summed E-state index contributed by atoms with van der Waals surface area (Å²) in [5.74, 6) is -2.33. The summed E-state index contributed by atoms with van der Waals surface area (Å²) in [5, 5.41) is 7.04. The van der Waals surface area contributed by atoms with Gasteiger partial charge in [-0.25, -0.2) is 14.1 Å². The number of carbonyl (C=O) groups is 3. The maximum absolute atomic E-state index is 14.6. The van der Waals surface area contributed by atoms with Gasteiger partial charge in [0.1, 0.15) is 35.3 Å². The van der Waals surface area contributed by atoms with Crippen LogP contribution in [-0.4, -0.2) is 75.6 Å². The average Bonchev–Trinajstić information content (AvgIpc) is 3.67. The van der Waals surface area contributed by atoms with Crippen LogP contribution >= 0.6 is 7.75 Å². The molecule has 1 aliphatic heterocycles. The number of nitrogens with one attached hydrogen (secondary N) is 1. The second-order valence-corrected chi connectivity index (χ2v) is 16.3. The lowest BCUT2D eigenvalue weighted by molar-refractivity contribution is -0.175. The minimum atomic E-state index is -4.42. The van der Waals surface area contributed by atoms with Crippen molar-refractivity contribution in [3.63, 3.8) is 0 Å². The summed E-state index contributed by atoms with van der Waals surface area (Å²) < 4.78 is 52.3. The number of hydrogen-bond acceptors (Lipinski definition) is 14. The largest absolute Gasteiger partial charge is 0.464 e. The molecule has 3 aromatic rings. The average molecular weight is 759 g/mol. The standard InChI is InChI=1S/C36H51N6O10P/c1-21(2)33(43)49-30-29(27-16-17-28-32(38)39-20-40-42(27)28)51-36(6,31(30)50-34(44)22(3)4)19-48-53(46,52-26-10-8-7-9-11-26)41-23(5)35(45)47-18-24-12-14-25(37)15-13-24/h7-11,16-17,20-25,29-31H,12-15,18-19,37H2,1-6H3,(H,41,46)(H2,38,39,40)/t23-,24?,25?,29-,30-,31-,36+,53+/m0/s1. The fraction of sp³-hybridized carbons (Fsp3) is 0.583. The first-order valence-electron chi connectivity index (χ1n) is 17.9. The number of fused-ring (bicyclic) bond motifs is 1. The van der Waals surface area contributed by atoms with E-state index in [1.807, 2.05) is 0 Å². The zero-order chi connectivity index (χ0) is 38.5. The summed E-state index contributed by atoms with van der Waals surface area (Å²) in [7, 11) is -4.42. The Morgan fingerprint density at radius 2 is 1.64 bits per heavy atom. The Hall–Kier alpha value is -4.08. The molecule has 53 heavy (non-hydrogen) atoms. The van der Waals surface area contributed by atoms with Gasteiger partial charge in [-0.1, -0.05) is 45.9 Å². The molecule has 2 fully saturated rings. The normalized spacial score (nSPS) is 26.2. The van der Waals surface area contributed by atoms with Gasteiger partial charge in [-0.05, 0) is 69.7 Å². The zero-order valence-electron chi connectivity index (χ0n) is 31.0. The molecule has 1 saturated heterocycles. The van der Waals surface area contributed by atoms with Crippen LogP contribution in [-0.2, 0) is 42.4 Å². The first-order valence-corrected chi connectivity index (χ1v) is 19.5. The summed E-state index contributed by atoms with van der Waals surface area (Å²) in [6.45, 7) is 9.43. The minimum absolute atomic E-state index is 0.156. The highest BCUT2D eigenvalue weighted by molar-refractivity contribution is 7.52. The van der Waals surface area contributed by atoms with Crippen molar-refractivity contribution in [1.29, 1.82) is 0 Å². The molecule has 0 bridgehead atoms. The van der Waals surface area contributed by atoms with Crippen molar-refractivity contribution in [3.8, 4) is 5.75 Å². The number of hydrogen-bond donors (Lipinski definition) is 3. The Bertz CT molecular complexity index is 1780. The summed E-state index contributed by atoms with van der Waals surface area (Å²) in [4.78, 5) is 43.6. The van der Waals surface area contributed by atoms with Gasteiger partial charge in [-0.2, -0.15) is 10.2 Å². The van der Waals surface area contributed by atoms with Crippen LogP contribution < -0.4 is 21.1 Å². The van der Waals surface area contributed by atoms with Crippen LogP contribution in [0.5, 0.6) is 5.75 Å². The van der Waals surface area contributed by atoms with E-state index in [0.29, 0.717) is 11.2 Å². The second kappa shape index (κ2) is 16.9. The summed E-state index contributed by atoms with van der Waals surface area (Å²) >= 11 is 0. The topological polar surface area (TPSA) is 218 Å². The molecule has 0 unspecified atom stereocenters. The summed E-state index contributed by atoms with van der Waals surface area (Å²) in [6, 6.07) is 10.7. The lowest BCUT2D eigenvalue weighted by Crippen LogP contribution is -2.49. The molecule has 1 saturated carbocycles. The molecule has 3 heterocycles. The van der Waals surface area contributed by atoms with Crippen molar-refractivity contribution < 1.29 is 46.9 Å². The van der Waals surface area contributed by atoms with Gasteiger partial charge >= 0.3 is 25.7 Å². The molecule has 2 aromatic heterocycles. The molecule has 2 aliphatic rings. The van der Waals surface area contributed by atoms with E-state index in [-0.39, 0.29) is 30.1 Å². The predicted molar refractivity (Wildman–Crippen MR) is 193 cm³/mol. The van der Waals surface area contributed by atoms with Crippen molar-refractivity contribution in [2.75, 3.05) is 18.9 Å². The van der Waals surface area contributed by atoms with E-state index >= 15 is 0 Å². The van der Waals surface area contributed by atoms with Crippen molar-refractivity contribution in [2.24, 2.45) is 23.5 Å². The predicted octanol–water partition coefficient (Wildman–Crippen LogP) is 4.52. The first-order chi connectivity index (χ1) is 25.1. The highest BCUT2D eigenvalue weighted by Crippen LogP contribution is 2.50. The number of nitrogen functional groups attached to an aromatic ring is 1. The number of anilines is 1. The van der Waals surface area contributed by atoms with Crippen molar-refractivity contribution in [3.05, 3.63) is 54.5 Å². The van der Waals surface area contributed by atoms with E-state index in [2.05, 4.69) is 15.2 Å². The Balaban J connectivity index is 1.45. The van der Waals surface area contributed by atoms with Crippen molar-refractivity contribution in [1.82, 2.24) is 19.7 Å². The maximum Gasteiger partial charge on any atom is 0.459 e. The number of para-hydroxylation sites is 1. The van der Waals surface area contributed by atoms with Crippen LogP contribution in [0.4, 0.5) is 5.82 Å². The van der Waals surface area contributed by atoms with Gasteiger partial charge < -0.3 is 34.9 Å². The fourth-order valence-corrected chi connectivity index (χ4v) is 7.79. The number of esters is 3. The van der Waals surface area contributed by atoms with E-state index < -0.39 is 74.1 Å². The van der Waals surface area contributed by atoms with Crippen molar-refractivity contribution in [2.45, 2.75) is 103 Å². The maximum atomic E-state index is 14.6. The smallest absolute Gasteiger partial charge is 0.459 e. The number of nitrogens with zero attached hydrogens (tertiary/aromatic N) is 3. The molecular formula is C36H51N6O10P. The first kappa shape index (κ1) is 40.1. The molecule has 1 aromatic carbocycles. The van der Waals surface area contributed by atoms with Gasteiger partial charge in [-0.3, -0.25) is 18.9 Å². The number of carbonyl (C=O) groups excluding carboxylic acids is 3. The van der Waals surface area contributed by atoms with Gasteiger partial charge in [0.25, 0.3) is 0 Å². The van der Waals surface area contributed by atoms with E-state index in [1.165, 1.54) is 17.8 Å². The monoisotopic (exact) mass is 758 g/mol. The molecule has 5 N–H and O–H groups in total. The Labute approximate surface area is 309 Å². The molecule has 0 radical (unpaired) electrons. The zero-order valence-corrected chi connectivity index (χ0v) is 31.9. The van der Waals surface area contributed by atoms with E-state index in [1.54, 1.807) is 77.1 Å². The molecule has 0 spiro atoms. The van der Waals surface area contributed by atoms with Crippen LogP contribution in [0.1, 0.15) is 79.0 Å². The molecule has 290 valence electrons. The fourth-order valence-electron chi connectivity index (χ4n) is 6.20. The van der Waals surface area contributed by atoms with Gasteiger partial charge in [0.05, 0.1) is 30.7 Å². The lowest BCUT2D eigenvalue weighted by atomic mass is 9.87. The molecule has 0 amide bonds. The SMILES string of the molecule is CC(C)C(=O)O[C@H]1[C@H](c2ccc3c(N)ncnn23)O[C@](C)(CO[P@](=O)(N[C@@H](C)C(=O)OCC2CCC(N)CC2)Oc2ccccc2)[C@H]1OC(=O)C(C)C. The quantitative estimate of drug-likeness (QED) is 0.110. The van der Waals surface area contributed by atoms with Crippen molar-refractivity contribution >= 4 is 37.0 Å². The summed E-state index contributed by atoms with van der Waals surface area (Å²) in [6.07, 6.45) is 1.14. The second-order valence-electron chi connectivity index (χ2n) is 14.6. The highest BCUT2D eigenvalue weighted by atomic mass is 31.2. The van der Waals surface area contributed by atoms with E-state index in [4.69, 9.17) is 39.5 Å². The molecule has 16 nitrogen and oxygen atoms in total. The third kappa shape index (κ3) is 9.73. The number of benzene rings is 1. The molecule has 17 heteroatoms. The Morgan fingerprint density at radius 1 is 0.981 bits per heavy atom. The lowest BCUT2D eigenvalue weighted by Gasteiger charge is -2.33. The van der Waals surface area contributed by atoms with E-state index in [9.17, 15) is 18.9 Å². The van der Waals surface area contributed by atoms with Gasteiger partial charge in [0.15, 0.2) is 18.0 Å². The van der Waals surface area contributed by atoms with Crippen LogP contribution in [0, 0.1) is 17.8 Å². The number of nitrogens with two attached hydrogens (primary N) is 2. The third-order valence-electron chi connectivity index (χ3n) is 9.38. The van der Waals surface area contributed by atoms with Crippen LogP contribution in [0.25, 0.3) is 5.52 Å². The Kier molecular flexibility index (Phi) is 12.8. The van der Waals surface area contributed by atoms with Crippen LogP contribution in [0.15, 0.2) is 48.8 Å². The number of aromatic nitrogens is 3. The highest BCUT2D eigenvalue weighted by Gasteiger charge is 2.59. The molecule has 6 atom stereocenters. The molecule has 5 rings (SSSR count). The number of ether oxygens (including phenoxy) is 4. The van der Waals surface area contributed by atoms with Crippen LogP contribution in [0.2, 0.25) is 0 Å². The van der Waals surface area contributed by atoms with Gasteiger partial charge in [0, 0.05) is 6.04 Å². The van der Waals surface area contributed by atoms with Gasteiger partial charge in [0.2, 0.25) is 0 Å². The molecular weight excluding hydrogens is 707 g/mol. The number of rotatable bonds is 15. The van der Waals surface area contributed by atoms with E-state index in [0.717, 1.165) is 25.7 Å². The Morgan fingerprint density at radius 3 is 2.30 bits per heavy atom.